The van der Waals surface area contributed by atoms with Crippen molar-refractivity contribution in [3.63, 3.8) is 0 Å². The summed E-state index contributed by atoms with van der Waals surface area (Å²) in [5.41, 5.74) is 0. The molecular weight excluding hydrogens is 256 g/mol. The van der Waals surface area contributed by atoms with Crippen molar-refractivity contribution in [3.8, 4) is 0 Å². The molecule has 21 heavy (non-hydrogen) atoms. The summed E-state index contributed by atoms with van der Waals surface area (Å²) in [6.07, 6.45) is 13.0. The monoisotopic (exact) mass is 292 g/mol. The van der Waals surface area contributed by atoms with E-state index in [4.69, 9.17) is 0 Å². The molecule has 122 valence electrons. The van der Waals surface area contributed by atoms with E-state index in [1.165, 1.54) is 77.4 Å². The van der Waals surface area contributed by atoms with Crippen LogP contribution in [0.15, 0.2) is 0 Å². The quantitative estimate of drug-likeness (QED) is 0.844. The van der Waals surface area contributed by atoms with E-state index in [2.05, 4.69) is 24.1 Å². The van der Waals surface area contributed by atoms with Crippen LogP contribution in [0.2, 0.25) is 0 Å². The minimum absolute atomic E-state index is 0.778. The highest BCUT2D eigenvalue weighted by atomic mass is 15.2. The van der Waals surface area contributed by atoms with Crippen LogP contribution in [0.3, 0.4) is 0 Å². The molecular formula is C19H36N2. The molecule has 0 aromatic heterocycles. The summed E-state index contributed by atoms with van der Waals surface area (Å²) < 4.78 is 0. The Bertz CT molecular complexity index is 311. The Balaban J connectivity index is 1.62. The smallest absolute Gasteiger partial charge is 0.0223 e. The summed E-state index contributed by atoms with van der Waals surface area (Å²) in [5.74, 6) is 2.86. The first-order valence-corrected chi connectivity index (χ1v) is 9.77. The van der Waals surface area contributed by atoms with Crippen LogP contribution in [0.25, 0.3) is 0 Å². The minimum Gasteiger partial charge on any atom is -0.312 e. The zero-order valence-electron chi connectivity index (χ0n) is 14.3. The van der Waals surface area contributed by atoms with Crippen molar-refractivity contribution in [2.24, 2.45) is 17.8 Å². The molecule has 3 rings (SSSR count). The lowest BCUT2D eigenvalue weighted by atomic mass is 9.83. The molecule has 0 spiro atoms. The van der Waals surface area contributed by atoms with Crippen LogP contribution < -0.4 is 5.32 Å². The molecule has 2 nitrogen and oxygen atoms in total. The normalized spacial score (nSPS) is 40.3. The number of hydrogen-bond acceptors (Lipinski definition) is 2. The van der Waals surface area contributed by atoms with Gasteiger partial charge in [0.1, 0.15) is 0 Å². The van der Waals surface area contributed by atoms with Crippen molar-refractivity contribution in [1.82, 2.24) is 10.2 Å². The van der Waals surface area contributed by atoms with E-state index < -0.39 is 0 Å². The van der Waals surface area contributed by atoms with Crippen LogP contribution in [-0.4, -0.2) is 36.6 Å². The van der Waals surface area contributed by atoms with E-state index in [0.717, 1.165) is 29.8 Å². The Morgan fingerprint density at radius 3 is 2.52 bits per heavy atom. The van der Waals surface area contributed by atoms with Crippen molar-refractivity contribution in [2.45, 2.75) is 83.7 Å². The second kappa shape index (κ2) is 7.46. The lowest BCUT2D eigenvalue weighted by Gasteiger charge is -2.37. The van der Waals surface area contributed by atoms with Crippen molar-refractivity contribution in [1.29, 1.82) is 0 Å². The van der Waals surface area contributed by atoms with Gasteiger partial charge in [-0.25, -0.2) is 0 Å². The predicted molar refractivity (Wildman–Crippen MR) is 90.5 cm³/mol. The molecule has 2 aliphatic carbocycles. The van der Waals surface area contributed by atoms with Crippen LogP contribution in [0.5, 0.6) is 0 Å². The molecule has 1 N–H and O–H groups in total. The van der Waals surface area contributed by atoms with E-state index in [9.17, 15) is 0 Å². The highest BCUT2D eigenvalue weighted by Gasteiger charge is 2.37. The van der Waals surface area contributed by atoms with Crippen molar-refractivity contribution < 1.29 is 0 Å². The van der Waals surface area contributed by atoms with Gasteiger partial charge in [-0.15, -0.1) is 0 Å². The molecule has 3 fully saturated rings. The molecule has 1 aliphatic heterocycles. The summed E-state index contributed by atoms with van der Waals surface area (Å²) in [6, 6.07) is 1.65. The van der Waals surface area contributed by atoms with Crippen LogP contribution in [0.4, 0.5) is 0 Å². The highest BCUT2D eigenvalue weighted by molar-refractivity contribution is 4.92. The van der Waals surface area contributed by atoms with Crippen LogP contribution in [0, 0.1) is 17.8 Å². The van der Waals surface area contributed by atoms with Gasteiger partial charge in [0.05, 0.1) is 0 Å². The highest BCUT2D eigenvalue weighted by Crippen LogP contribution is 2.38. The molecule has 0 radical (unpaired) electrons. The standard InChI is InChI=1S/C19H36N2/c1-3-16-10-11-19(15(16)2)21-13-7-12-20-18(14-21)17-8-5-4-6-9-17/h15-20H,3-14H2,1-2H3. The predicted octanol–water partition coefficient (Wildman–Crippen LogP) is 4.06. The molecule has 0 aromatic carbocycles. The molecule has 2 heteroatoms. The average Bonchev–Trinajstić information content (AvgIpc) is 2.75. The topological polar surface area (TPSA) is 15.3 Å². The fourth-order valence-corrected chi connectivity index (χ4v) is 5.45. The number of nitrogens with zero attached hydrogens (tertiary/aromatic N) is 1. The van der Waals surface area contributed by atoms with E-state index in [1.54, 1.807) is 0 Å². The van der Waals surface area contributed by atoms with Gasteiger partial charge in [0, 0.05) is 18.6 Å². The Kier molecular flexibility index (Phi) is 5.61. The third-order valence-electron chi connectivity index (χ3n) is 6.86. The van der Waals surface area contributed by atoms with Gasteiger partial charge in [0.25, 0.3) is 0 Å². The molecule has 3 aliphatic rings. The minimum atomic E-state index is 0.778. The third-order valence-corrected chi connectivity index (χ3v) is 6.86. The summed E-state index contributed by atoms with van der Waals surface area (Å²) in [4.78, 5) is 2.89. The van der Waals surface area contributed by atoms with E-state index in [-0.39, 0.29) is 0 Å². The lowest BCUT2D eigenvalue weighted by molar-refractivity contribution is 0.131. The summed E-state index contributed by atoms with van der Waals surface area (Å²) in [5, 5.41) is 3.90. The van der Waals surface area contributed by atoms with Crippen LogP contribution >= 0.6 is 0 Å². The third kappa shape index (κ3) is 3.64. The zero-order valence-corrected chi connectivity index (χ0v) is 14.3. The van der Waals surface area contributed by atoms with Gasteiger partial charge in [-0.3, -0.25) is 4.90 Å². The van der Waals surface area contributed by atoms with Gasteiger partial charge in [-0.2, -0.15) is 0 Å². The molecule has 0 bridgehead atoms. The molecule has 0 amide bonds. The first kappa shape index (κ1) is 15.8. The Labute approximate surface area is 132 Å². The van der Waals surface area contributed by atoms with Gasteiger partial charge in [-0.1, -0.05) is 39.5 Å². The molecule has 4 unspecified atom stereocenters. The van der Waals surface area contributed by atoms with E-state index >= 15 is 0 Å². The van der Waals surface area contributed by atoms with Crippen molar-refractivity contribution in [3.05, 3.63) is 0 Å². The van der Waals surface area contributed by atoms with E-state index in [0.29, 0.717) is 0 Å². The lowest BCUT2D eigenvalue weighted by Crippen LogP contribution is -2.47. The first-order valence-electron chi connectivity index (χ1n) is 9.77. The fourth-order valence-electron chi connectivity index (χ4n) is 5.45. The van der Waals surface area contributed by atoms with Crippen LogP contribution in [0.1, 0.15) is 71.6 Å². The number of nitrogens with one attached hydrogen (secondary N) is 1. The Morgan fingerprint density at radius 2 is 1.81 bits per heavy atom. The second-order valence-electron chi connectivity index (χ2n) is 7.98. The fraction of sp³-hybridized carbons (Fsp3) is 1.00. The molecule has 4 atom stereocenters. The second-order valence-corrected chi connectivity index (χ2v) is 7.98. The van der Waals surface area contributed by atoms with E-state index in [1.807, 2.05) is 0 Å². The van der Waals surface area contributed by atoms with Gasteiger partial charge in [-0.05, 0) is 62.9 Å². The molecule has 2 saturated carbocycles. The maximum absolute atomic E-state index is 3.90. The summed E-state index contributed by atoms with van der Waals surface area (Å²) >= 11 is 0. The van der Waals surface area contributed by atoms with Gasteiger partial charge in [0.15, 0.2) is 0 Å². The zero-order chi connectivity index (χ0) is 14.7. The van der Waals surface area contributed by atoms with Gasteiger partial charge >= 0.3 is 0 Å². The average molecular weight is 293 g/mol. The molecule has 1 saturated heterocycles. The van der Waals surface area contributed by atoms with Crippen LogP contribution in [-0.2, 0) is 0 Å². The van der Waals surface area contributed by atoms with Crippen molar-refractivity contribution in [2.75, 3.05) is 19.6 Å². The number of hydrogen-bond donors (Lipinski definition) is 1. The Hall–Kier alpha value is -0.0800. The van der Waals surface area contributed by atoms with Gasteiger partial charge < -0.3 is 5.32 Å². The molecule has 1 heterocycles. The summed E-state index contributed by atoms with van der Waals surface area (Å²) in [7, 11) is 0. The number of rotatable bonds is 3. The first-order chi connectivity index (χ1) is 10.3. The maximum atomic E-state index is 3.90. The largest absolute Gasteiger partial charge is 0.312 e. The maximum Gasteiger partial charge on any atom is 0.0223 e. The van der Waals surface area contributed by atoms with Crippen molar-refractivity contribution >= 4 is 0 Å². The summed E-state index contributed by atoms with van der Waals surface area (Å²) in [6.45, 7) is 8.83. The molecule has 0 aromatic rings. The Morgan fingerprint density at radius 1 is 1.00 bits per heavy atom. The SMILES string of the molecule is CCC1CCC(N2CCCNC(C3CCCCC3)C2)C1C. The van der Waals surface area contributed by atoms with Gasteiger partial charge in [0.2, 0.25) is 0 Å².